The average Bonchev–Trinajstić information content (AvgIpc) is 2.06. The molecule has 1 aliphatic heterocycles. The third-order valence-corrected chi connectivity index (χ3v) is 1.50. The van der Waals surface area contributed by atoms with Crippen molar-refractivity contribution in [3.8, 4) is 0 Å². The molecule has 1 rings (SSSR count). The molecule has 0 bridgehead atoms. The number of hydrogen-bond donors (Lipinski definition) is 2. The van der Waals surface area contributed by atoms with Crippen LogP contribution < -0.4 is 10.6 Å². The molecule has 3 nitrogen and oxygen atoms in total. The number of ether oxygens (including phenoxy) is 1. The van der Waals surface area contributed by atoms with Gasteiger partial charge in [-0.2, -0.15) is 0 Å². The molecule has 0 unspecified atom stereocenters. The van der Waals surface area contributed by atoms with Crippen molar-refractivity contribution in [2.24, 2.45) is 0 Å². The van der Waals surface area contributed by atoms with Crippen molar-refractivity contribution >= 4 is 0 Å². The van der Waals surface area contributed by atoms with Crippen LogP contribution >= 0.6 is 0 Å². The van der Waals surface area contributed by atoms with Gasteiger partial charge in [0.2, 0.25) is 0 Å². The molecule has 0 aromatic rings. The first kappa shape index (κ1) is 12.9. The number of nitrogens with one attached hydrogen (secondary N) is 2. The lowest BCUT2D eigenvalue weighted by Crippen LogP contribution is -2.39. The summed E-state index contributed by atoms with van der Waals surface area (Å²) in [4.78, 5) is 0. The Kier molecular flexibility index (Phi) is 8.40. The average molecular weight is 188 g/mol. The maximum Gasteiger partial charge on any atom is 0.0522 e. The highest BCUT2D eigenvalue weighted by Gasteiger charge is 1.94. The zero-order chi connectivity index (χ0) is 10.1. The molecule has 0 spiro atoms. The molecule has 1 fully saturated rings. The van der Waals surface area contributed by atoms with Crippen molar-refractivity contribution in [1.29, 1.82) is 0 Å². The van der Waals surface area contributed by atoms with Crippen molar-refractivity contribution < 1.29 is 4.74 Å². The van der Waals surface area contributed by atoms with E-state index in [9.17, 15) is 0 Å². The second kappa shape index (κ2) is 8.48. The molecule has 1 heterocycles. The summed E-state index contributed by atoms with van der Waals surface area (Å²) in [6, 6.07) is 0. The van der Waals surface area contributed by atoms with E-state index in [1.165, 1.54) is 0 Å². The first-order chi connectivity index (χ1) is 6.13. The van der Waals surface area contributed by atoms with Crippen molar-refractivity contribution in [3.63, 3.8) is 0 Å². The second-order valence-corrected chi connectivity index (χ2v) is 3.73. The Morgan fingerprint density at radius 2 is 1.08 bits per heavy atom. The molecule has 3 heteroatoms. The van der Waals surface area contributed by atoms with Gasteiger partial charge in [-0.3, -0.25) is 0 Å². The summed E-state index contributed by atoms with van der Waals surface area (Å²) in [5.41, 5.74) is 0. The van der Waals surface area contributed by atoms with Gasteiger partial charge in [0.25, 0.3) is 0 Å². The highest BCUT2D eigenvalue weighted by molar-refractivity contribution is 4.59. The van der Waals surface area contributed by atoms with Crippen LogP contribution in [-0.4, -0.2) is 38.4 Å². The normalized spacial score (nSPS) is 17.1. The van der Waals surface area contributed by atoms with Gasteiger partial charge in [-0.25, -0.2) is 0 Å². The summed E-state index contributed by atoms with van der Waals surface area (Å²) < 4.78 is 5.25. The monoisotopic (exact) mass is 188 g/mol. The van der Waals surface area contributed by atoms with E-state index in [0.717, 1.165) is 26.2 Å². The number of piperazine rings is 1. The van der Waals surface area contributed by atoms with E-state index in [1.54, 1.807) is 0 Å². The number of hydrogen-bond acceptors (Lipinski definition) is 3. The Labute approximate surface area is 82.2 Å². The van der Waals surface area contributed by atoms with Crippen LogP contribution in [0.25, 0.3) is 0 Å². The molecule has 0 atom stereocenters. The van der Waals surface area contributed by atoms with Crippen molar-refractivity contribution in [2.45, 2.75) is 39.9 Å². The summed E-state index contributed by atoms with van der Waals surface area (Å²) in [7, 11) is 0. The maximum atomic E-state index is 5.25. The van der Waals surface area contributed by atoms with Crippen molar-refractivity contribution in [1.82, 2.24) is 10.6 Å². The van der Waals surface area contributed by atoms with Gasteiger partial charge >= 0.3 is 0 Å². The largest absolute Gasteiger partial charge is 0.376 e. The van der Waals surface area contributed by atoms with Crippen LogP contribution in [0, 0.1) is 0 Å². The topological polar surface area (TPSA) is 33.3 Å². The van der Waals surface area contributed by atoms with Gasteiger partial charge in [-0.15, -0.1) is 0 Å². The molecule has 0 amide bonds. The van der Waals surface area contributed by atoms with E-state index in [0.29, 0.717) is 12.2 Å². The molecular formula is C10H24N2O. The van der Waals surface area contributed by atoms with E-state index < -0.39 is 0 Å². The molecule has 0 aliphatic carbocycles. The van der Waals surface area contributed by atoms with Crippen LogP contribution in [-0.2, 0) is 4.74 Å². The van der Waals surface area contributed by atoms with Crippen LogP contribution in [0.2, 0.25) is 0 Å². The van der Waals surface area contributed by atoms with Crippen LogP contribution in [0.5, 0.6) is 0 Å². The first-order valence-electron chi connectivity index (χ1n) is 5.20. The zero-order valence-corrected chi connectivity index (χ0v) is 9.39. The molecule has 0 saturated carbocycles. The third-order valence-electron chi connectivity index (χ3n) is 1.50. The SMILES string of the molecule is C1CNCCN1.CC(C)OC(C)C. The minimum Gasteiger partial charge on any atom is -0.376 e. The summed E-state index contributed by atoms with van der Waals surface area (Å²) in [5, 5.41) is 6.44. The summed E-state index contributed by atoms with van der Waals surface area (Å²) in [6.07, 6.45) is 0.750. The standard InChI is InChI=1S/C6H14O.C4H10N2/c1-5(2)7-6(3)4;1-2-6-4-3-5-1/h5-6H,1-4H3;5-6H,1-4H2. The van der Waals surface area contributed by atoms with Crippen LogP contribution in [0.15, 0.2) is 0 Å². The molecular weight excluding hydrogens is 164 g/mol. The van der Waals surface area contributed by atoms with Crippen LogP contribution in [0.1, 0.15) is 27.7 Å². The molecule has 0 radical (unpaired) electrons. The Balaban J connectivity index is 0.000000223. The van der Waals surface area contributed by atoms with Crippen LogP contribution in [0.4, 0.5) is 0 Å². The second-order valence-electron chi connectivity index (χ2n) is 3.73. The van der Waals surface area contributed by atoms with Crippen molar-refractivity contribution in [3.05, 3.63) is 0 Å². The molecule has 2 N–H and O–H groups in total. The quantitative estimate of drug-likeness (QED) is 0.678. The first-order valence-corrected chi connectivity index (χ1v) is 5.20. The van der Waals surface area contributed by atoms with Gasteiger partial charge in [0, 0.05) is 26.2 Å². The third kappa shape index (κ3) is 11.9. The predicted molar refractivity (Wildman–Crippen MR) is 57.1 cm³/mol. The Morgan fingerprint density at radius 1 is 0.769 bits per heavy atom. The molecule has 1 aliphatic rings. The fourth-order valence-electron chi connectivity index (χ4n) is 1.15. The minimum atomic E-state index is 0.375. The van der Waals surface area contributed by atoms with Gasteiger partial charge in [0.05, 0.1) is 12.2 Å². The lowest BCUT2D eigenvalue weighted by atomic mass is 10.4. The summed E-state index contributed by atoms with van der Waals surface area (Å²) in [6.45, 7) is 12.7. The van der Waals surface area contributed by atoms with Gasteiger partial charge in [-0.1, -0.05) is 0 Å². The van der Waals surface area contributed by atoms with Crippen molar-refractivity contribution in [2.75, 3.05) is 26.2 Å². The zero-order valence-electron chi connectivity index (χ0n) is 9.39. The highest BCUT2D eigenvalue weighted by atomic mass is 16.5. The van der Waals surface area contributed by atoms with E-state index >= 15 is 0 Å². The van der Waals surface area contributed by atoms with Gasteiger partial charge < -0.3 is 15.4 Å². The Morgan fingerprint density at radius 3 is 1.15 bits per heavy atom. The van der Waals surface area contributed by atoms with Gasteiger partial charge in [-0.05, 0) is 27.7 Å². The molecule has 0 aromatic heterocycles. The molecule has 1 saturated heterocycles. The van der Waals surface area contributed by atoms with Gasteiger partial charge in [0.15, 0.2) is 0 Å². The van der Waals surface area contributed by atoms with Gasteiger partial charge in [0.1, 0.15) is 0 Å². The summed E-state index contributed by atoms with van der Waals surface area (Å²) >= 11 is 0. The fourth-order valence-corrected chi connectivity index (χ4v) is 1.15. The molecule has 80 valence electrons. The fraction of sp³-hybridized carbons (Fsp3) is 1.00. The Bertz CT molecular complexity index is 83.6. The molecule has 0 aromatic carbocycles. The summed E-state index contributed by atoms with van der Waals surface area (Å²) in [5.74, 6) is 0. The van der Waals surface area contributed by atoms with E-state index in [2.05, 4.69) is 10.6 Å². The number of rotatable bonds is 2. The maximum absolute atomic E-state index is 5.25. The Hall–Kier alpha value is -0.120. The lowest BCUT2D eigenvalue weighted by Gasteiger charge is -2.11. The minimum absolute atomic E-state index is 0.375. The smallest absolute Gasteiger partial charge is 0.0522 e. The highest BCUT2D eigenvalue weighted by Crippen LogP contribution is 1.93. The van der Waals surface area contributed by atoms with E-state index in [-0.39, 0.29) is 0 Å². The molecule has 13 heavy (non-hydrogen) atoms. The predicted octanol–water partition coefficient (Wildman–Crippen LogP) is 0.999. The van der Waals surface area contributed by atoms with E-state index in [4.69, 9.17) is 4.74 Å². The van der Waals surface area contributed by atoms with Crippen LogP contribution in [0.3, 0.4) is 0 Å². The van der Waals surface area contributed by atoms with E-state index in [1.807, 2.05) is 27.7 Å². The lowest BCUT2D eigenvalue weighted by molar-refractivity contribution is 0.0300.